The highest BCUT2D eigenvalue weighted by atomic mass is 16.5. The van der Waals surface area contributed by atoms with E-state index in [1.807, 2.05) is 42.3 Å². The third-order valence-electron chi connectivity index (χ3n) is 6.25. The first-order chi connectivity index (χ1) is 16.4. The molecule has 5 rings (SSSR count). The number of ether oxygens (including phenoxy) is 1. The zero-order valence-electron chi connectivity index (χ0n) is 18.6. The highest BCUT2D eigenvalue weighted by molar-refractivity contribution is 5.89. The lowest BCUT2D eigenvalue weighted by atomic mass is 9.85. The third-order valence-corrected chi connectivity index (χ3v) is 6.25. The van der Waals surface area contributed by atoms with E-state index in [0.717, 1.165) is 6.07 Å². The molecule has 3 aromatic carbocycles. The summed E-state index contributed by atoms with van der Waals surface area (Å²) in [4.78, 5) is 15.0. The summed E-state index contributed by atoms with van der Waals surface area (Å²) in [5.41, 5.74) is 0.587. The van der Waals surface area contributed by atoms with Crippen LogP contribution in [-0.4, -0.2) is 46.5 Å². The van der Waals surface area contributed by atoms with Crippen molar-refractivity contribution in [2.75, 3.05) is 20.1 Å². The number of rotatable bonds is 4. The van der Waals surface area contributed by atoms with Gasteiger partial charge in [0.1, 0.15) is 39.7 Å². The number of phenols is 2. The van der Waals surface area contributed by atoms with Crippen LogP contribution < -0.4 is 10.2 Å². The molecule has 3 N–H and O–H groups in total. The number of likely N-dealkylation sites (N-methyl/N-ethyl adjacent to an activating group) is 1. The van der Waals surface area contributed by atoms with Gasteiger partial charge in [-0.3, -0.25) is 4.79 Å². The summed E-state index contributed by atoms with van der Waals surface area (Å²) < 4.78 is 12.1. The minimum Gasteiger partial charge on any atom is -0.507 e. The van der Waals surface area contributed by atoms with E-state index in [2.05, 4.69) is 0 Å². The Kier molecular flexibility index (Phi) is 5.73. The minimum atomic E-state index is -0.756. The fourth-order valence-corrected chi connectivity index (χ4v) is 4.59. The van der Waals surface area contributed by atoms with Gasteiger partial charge in [-0.25, -0.2) is 0 Å². The zero-order valence-corrected chi connectivity index (χ0v) is 18.6. The molecule has 7 heteroatoms. The summed E-state index contributed by atoms with van der Waals surface area (Å²) in [6.07, 6.45) is -0.187. The van der Waals surface area contributed by atoms with Gasteiger partial charge in [0.2, 0.25) is 0 Å². The molecule has 0 saturated carbocycles. The smallest absolute Gasteiger partial charge is 0.197 e. The van der Waals surface area contributed by atoms with Gasteiger partial charge in [-0.1, -0.05) is 30.3 Å². The molecule has 1 aromatic heterocycles. The molecule has 0 spiro atoms. The van der Waals surface area contributed by atoms with E-state index >= 15 is 0 Å². The highest BCUT2D eigenvalue weighted by Gasteiger charge is 2.33. The van der Waals surface area contributed by atoms with Crippen LogP contribution in [0.3, 0.4) is 0 Å². The number of hydrogen-bond donors (Lipinski definition) is 3. The van der Waals surface area contributed by atoms with Crippen molar-refractivity contribution in [2.45, 2.75) is 18.4 Å². The van der Waals surface area contributed by atoms with Gasteiger partial charge in [-0.05, 0) is 44.3 Å². The first-order valence-corrected chi connectivity index (χ1v) is 11.1. The summed E-state index contributed by atoms with van der Waals surface area (Å²) in [5.74, 6) is 0.500. The van der Waals surface area contributed by atoms with Crippen molar-refractivity contribution in [2.24, 2.45) is 0 Å². The van der Waals surface area contributed by atoms with Crippen LogP contribution in [0, 0.1) is 0 Å². The number of hydrogen-bond acceptors (Lipinski definition) is 7. The Labute approximate surface area is 196 Å². The lowest BCUT2D eigenvalue weighted by Crippen LogP contribution is -2.40. The molecular formula is C27H25NO6. The Morgan fingerprint density at radius 1 is 0.971 bits per heavy atom. The van der Waals surface area contributed by atoms with Crippen LogP contribution in [0.1, 0.15) is 17.9 Å². The molecule has 0 unspecified atom stereocenters. The first-order valence-electron chi connectivity index (χ1n) is 11.1. The van der Waals surface area contributed by atoms with Crippen LogP contribution in [0.5, 0.6) is 23.0 Å². The number of aromatic hydroxyl groups is 2. The number of β-amino-alcohol motifs (C(OH)–C–C–N with tert-alkyl or cyclic N) is 1. The number of fused-ring (bicyclic) bond motifs is 1. The van der Waals surface area contributed by atoms with Crippen molar-refractivity contribution in [1.82, 2.24) is 4.90 Å². The predicted octanol–water partition coefficient (Wildman–Crippen LogP) is 4.44. The number of aliphatic hydroxyl groups excluding tert-OH is 1. The second kappa shape index (κ2) is 8.85. The van der Waals surface area contributed by atoms with E-state index in [-0.39, 0.29) is 28.2 Å². The van der Waals surface area contributed by atoms with Crippen molar-refractivity contribution in [1.29, 1.82) is 0 Å². The number of phenolic OH excluding ortho intramolecular Hbond substituents is 2. The van der Waals surface area contributed by atoms with Crippen molar-refractivity contribution in [3.8, 4) is 34.3 Å². The fourth-order valence-electron chi connectivity index (χ4n) is 4.59. The molecule has 1 aliphatic heterocycles. The van der Waals surface area contributed by atoms with Crippen LogP contribution in [0.15, 0.2) is 75.9 Å². The van der Waals surface area contributed by atoms with Crippen LogP contribution in [0.25, 0.3) is 22.3 Å². The average molecular weight is 459 g/mol. The van der Waals surface area contributed by atoms with Crippen LogP contribution in [0.4, 0.5) is 0 Å². The summed E-state index contributed by atoms with van der Waals surface area (Å²) in [5, 5.41) is 31.9. The van der Waals surface area contributed by atoms with Gasteiger partial charge in [0.05, 0.1) is 6.10 Å². The second-order valence-electron chi connectivity index (χ2n) is 8.68. The third kappa shape index (κ3) is 4.11. The molecule has 2 heterocycles. The van der Waals surface area contributed by atoms with Crippen molar-refractivity contribution < 1.29 is 24.5 Å². The molecule has 0 bridgehead atoms. The molecule has 0 radical (unpaired) electrons. The van der Waals surface area contributed by atoms with Gasteiger partial charge in [0.15, 0.2) is 5.43 Å². The average Bonchev–Trinajstić information content (AvgIpc) is 2.80. The SMILES string of the molecule is CN1CC[C@H](c2c(O)cc(O)c3c(=O)cc(-c4cccc(Oc5ccccc5)c4)oc23)[C@H](O)C1. The molecule has 2 atom stereocenters. The summed E-state index contributed by atoms with van der Waals surface area (Å²) >= 11 is 0. The molecule has 1 fully saturated rings. The Balaban J connectivity index is 1.63. The van der Waals surface area contributed by atoms with Gasteiger partial charge < -0.3 is 29.4 Å². The topological polar surface area (TPSA) is 103 Å². The molecule has 1 saturated heterocycles. The Hall–Kier alpha value is -3.81. The normalized spacial score (nSPS) is 18.8. The fraction of sp³-hybridized carbons (Fsp3) is 0.222. The summed E-state index contributed by atoms with van der Waals surface area (Å²) in [7, 11) is 1.91. The zero-order chi connectivity index (χ0) is 23.8. The van der Waals surface area contributed by atoms with Crippen molar-refractivity contribution in [3.05, 3.63) is 82.5 Å². The first kappa shape index (κ1) is 22.0. The van der Waals surface area contributed by atoms with Crippen molar-refractivity contribution >= 4 is 11.0 Å². The molecule has 174 valence electrons. The van der Waals surface area contributed by atoms with Gasteiger partial charge in [0.25, 0.3) is 0 Å². The van der Waals surface area contributed by atoms with E-state index in [1.54, 1.807) is 24.3 Å². The quantitative estimate of drug-likeness (QED) is 0.414. The van der Waals surface area contributed by atoms with E-state index < -0.39 is 17.5 Å². The van der Waals surface area contributed by atoms with Crippen molar-refractivity contribution in [3.63, 3.8) is 0 Å². The largest absolute Gasteiger partial charge is 0.507 e. The number of nitrogens with zero attached hydrogens (tertiary/aromatic N) is 1. The molecule has 1 aliphatic rings. The summed E-state index contributed by atoms with van der Waals surface area (Å²) in [6.45, 7) is 1.14. The van der Waals surface area contributed by atoms with Gasteiger partial charge in [0, 0.05) is 35.7 Å². The summed E-state index contributed by atoms with van der Waals surface area (Å²) in [6, 6.07) is 18.9. The van der Waals surface area contributed by atoms with Crippen LogP contribution in [-0.2, 0) is 0 Å². The number of likely N-dealkylation sites (tertiary alicyclic amines) is 1. The van der Waals surface area contributed by atoms with E-state index in [4.69, 9.17) is 9.15 Å². The monoisotopic (exact) mass is 459 g/mol. The lowest BCUT2D eigenvalue weighted by molar-refractivity contribution is 0.0630. The lowest BCUT2D eigenvalue weighted by Gasteiger charge is -2.34. The Bertz CT molecular complexity index is 1400. The number of benzene rings is 3. The molecule has 0 aliphatic carbocycles. The molecular weight excluding hydrogens is 434 g/mol. The maximum Gasteiger partial charge on any atom is 0.197 e. The second-order valence-corrected chi connectivity index (χ2v) is 8.68. The maximum absolute atomic E-state index is 13.0. The Morgan fingerprint density at radius 2 is 1.74 bits per heavy atom. The minimum absolute atomic E-state index is 0.0145. The predicted molar refractivity (Wildman–Crippen MR) is 129 cm³/mol. The maximum atomic E-state index is 13.0. The van der Waals surface area contributed by atoms with Gasteiger partial charge in [-0.2, -0.15) is 0 Å². The molecule has 34 heavy (non-hydrogen) atoms. The van der Waals surface area contributed by atoms with Crippen LogP contribution >= 0.6 is 0 Å². The van der Waals surface area contributed by atoms with Crippen LogP contribution in [0.2, 0.25) is 0 Å². The highest BCUT2D eigenvalue weighted by Crippen LogP contribution is 2.42. The molecule has 0 amide bonds. The number of para-hydroxylation sites is 1. The standard InChI is InChI=1S/C27H25NO6/c1-28-11-10-19(23(32)15-28)25-20(29)13-21(30)26-22(31)14-24(34-27(25)26)16-6-5-9-18(12-16)33-17-7-3-2-4-8-17/h2-9,12-14,19,23,29-30,32H,10-11,15H2,1H3/t19-,23+/m0/s1. The Morgan fingerprint density at radius 3 is 2.50 bits per heavy atom. The number of aliphatic hydroxyl groups is 1. The number of piperidine rings is 1. The van der Waals surface area contributed by atoms with Gasteiger partial charge in [-0.15, -0.1) is 0 Å². The molecule has 4 aromatic rings. The van der Waals surface area contributed by atoms with Gasteiger partial charge >= 0.3 is 0 Å². The molecule has 7 nitrogen and oxygen atoms in total. The van der Waals surface area contributed by atoms with E-state index in [0.29, 0.717) is 42.1 Å². The van der Waals surface area contributed by atoms with E-state index in [9.17, 15) is 20.1 Å². The van der Waals surface area contributed by atoms with E-state index in [1.165, 1.54) is 6.07 Å².